The molecule has 1 saturated carbocycles. The lowest BCUT2D eigenvalue weighted by molar-refractivity contribution is -0.113. The number of hydrogen-bond acceptors (Lipinski definition) is 2. The smallest absolute Gasteiger partial charge is 0.0837 e. The summed E-state index contributed by atoms with van der Waals surface area (Å²) in [4.78, 5) is 0. The van der Waals surface area contributed by atoms with E-state index < -0.39 is 0 Å². The molecule has 1 atom stereocenters. The molecule has 1 heterocycles. The Hall–Kier alpha value is -0.0800. The van der Waals surface area contributed by atoms with E-state index in [1.54, 1.807) is 0 Å². The van der Waals surface area contributed by atoms with Crippen LogP contribution in [0.25, 0.3) is 0 Å². The molecule has 13 heavy (non-hydrogen) atoms. The maximum absolute atomic E-state index is 5.75. The lowest BCUT2D eigenvalue weighted by Gasteiger charge is -2.29. The molecular formula is C11H20O2. The van der Waals surface area contributed by atoms with E-state index in [-0.39, 0.29) is 0 Å². The highest BCUT2D eigenvalue weighted by Gasteiger charge is 2.25. The second kappa shape index (κ2) is 4.97. The zero-order valence-electron chi connectivity index (χ0n) is 8.34. The number of ether oxygens (including phenoxy) is 2. The molecule has 2 heteroatoms. The summed E-state index contributed by atoms with van der Waals surface area (Å²) in [6.07, 6.45) is 8.75. The monoisotopic (exact) mass is 184 g/mol. The third kappa shape index (κ3) is 2.68. The molecule has 1 aliphatic carbocycles. The molecule has 0 aromatic carbocycles. The summed E-state index contributed by atoms with van der Waals surface area (Å²) in [6, 6.07) is 0. The maximum atomic E-state index is 5.75. The van der Waals surface area contributed by atoms with Gasteiger partial charge in [-0.15, -0.1) is 0 Å². The Balaban J connectivity index is 1.82. The van der Waals surface area contributed by atoms with Crippen LogP contribution in [0.2, 0.25) is 0 Å². The summed E-state index contributed by atoms with van der Waals surface area (Å²) in [5.74, 6) is 0.780. The van der Waals surface area contributed by atoms with Crippen molar-refractivity contribution in [3.05, 3.63) is 0 Å². The van der Waals surface area contributed by atoms with Crippen molar-refractivity contribution in [3.63, 3.8) is 0 Å². The Morgan fingerprint density at radius 2 is 1.62 bits per heavy atom. The molecule has 2 fully saturated rings. The summed E-state index contributed by atoms with van der Waals surface area (Å²) in [7, 11) is 0. The minimum Gasteiger partial charge on any atom is -0.376 e. The first-order chi connectivity index (χ1) is 6.47. The zero-order valence-corrected chi connectivity index (χ0v) is 8.34. The van der Waals surface area contributed by atoms with Gasteiger partial charge in [0.2, 0.25) is 0 Å². The Morgan fingerprint density at radius 3 is 2.23 bits per heavy atom. The van der Waals surface area contributed by atoms with E-state index in [1.807, 2.05) is 0 Å². The van der Waals surface area contributed by atoms with E-state index in [2.05, 4.69) is 0 Å². The highest BCUT2D eigenvalue weighted by Crippen LogP contribution is 2.28. The minimum atomic E-state index is 0.409. The third-order valence-corrected chi connectivity index (χ3v) is 3.27. The van der Waals surface area contributed by atoms with Crippen LogP contribution in [0.5, 0.6) is 0 Å². The van der Waals surface area contributed by atoms with E-state index in [0.29, 0.717) is 6.10 Å². The van der Waals surface area contributed by atoms with Gasteiger partial charge in [-0.2, -0.15) is 0 Å². The van der Waals surface area contributed by atoms with Gasteiger partial charge in [0.25, 0.3) is 0 Å². The van der Waals surface area contributed by atoms with Crippen molar-refractivity contribution in [2.75, 3.05) is 19.8 Å². The van der Waals surface area contributed by atoms with Crippen molar-refractivity contribution >= 4 is 0 Å². The normalized spacial score (nSPS) is 32.8. The molecule has 0 spiro atoms. The van der Waals surface area contributed by atoms with Gasteiger partial charge < -0.3 is 9.47 Å². The van der Waals surface area contributed by atoms with Crippen LogP contribution in [0.1, 0.15) is 38.5 Å². The van der Waals surface area contributed by atoms with Gasteiger partial charge in [-0.3, -0.25) is 0 Å². The summed E-state index contributed by atoms with van der Waals surface area (Å²) in [5, 5.41) is 0. The van der Waals surface area contributed by atoms with Crippen LogP contribution < -0.4 is 0 Å². The van der Waals surface area contributed by atoms with Crippen molar-refractivity contribution in [2.45, 2.75) is 44.6 Å². The van der Waals surface area contributed by atoms with Gasteiger partial charge in [0.05, 0.1) is 25.9 Å². The molecule has 0 aromatic rings. The summed E-state index contributed by atoms with van der Waals surface area (Å²) >= 11 is 0. The fourth-order valence-corrected chi connectivity index (χ4v) is 2.46. The molecule has 0 amide bonds. The molecule has 1 aliphatic heterocycles. The quantitative estimate of drug-likeness (QED) is 0.582. The zero-order chi connectivity index (χ0) is 8.93. The fraction of sp³-hybridized carbons (Fsp3) is 1.00. The van der Waals surface area contributed by atoms with E-state index in [4.69, 9.17) is 9.47 Å². The average Bonchev–Trinajstić information content (AvgIpc) is 2.47. The van der Waals surface area contributed by atoms with Gasteiger partial charge in [0, 0.05) is 0 Å². The Kier molecular flexibility index (Phi) is 3.62. The summed E-state index contributed by atoms with van der Waals surface area (Å²) in [5.41, 5.74) is 0. The first-order valence-corrected chi connectivity index (χ1v) is 5.66. The van der Waals surface area contributed by atoms with Crippen LogP contribution in [-0.2, 0) is 9.47 Å². The Labute approximate surface area is 80.6 Å². The number of hydrogen-bond donors (Lipinski definition) is 0. The summed E-state index contributed by atoms with van der Waals surface area (Å²) in [6.45, 7) is 2.44. The van der Waals surface area contributed by atoms with E-state index in [1.165, 1.54) is 38.5 Å². The highest BCUT2D eigenvalue weighted by molar-refractivity contribution is 4.74. The van der Waals surface area contributed by atoms with E-state index >= 15 is 0 Å². The molecular weight excluding hydrogens is 164 g/mol. The predicted octanol–water partition coefficient (Wildman–Crippen LogP) is 2.37. The second-order valence-electron chi connectivity index (χ2n) is 4.24. The first-order valence-electron chi connectivity index (χ1n) is 5.66. The summed E-state index contributed by atoms with van der Waals surface area (Å²) < 4.78 is 11.2. The van der Waals surface area contributed by atoms with Crippen LogP contribution in [0, 0.1) is 5.92 Å². The molecule has 0 N–H and O–H groups in total. The molecule has 0 radical (unpaired) electrons. The molecule has 1 saturated heterocycles. The highest BCUT2D eigenvalue weighted by atomic mass is 16.6. The maximum Gasteiger partial charge on any atom is 0.0837 e. The number of rotatable bonds is 1. The van der Waals surface area contributed by atoms with Crippen molar-refractivity contribution in [1.82, 2.24) is 0 Å². The topological polar surface area (TPSA) is 18.5 Å². The lowest BCUT2D eigenvalue weighted by atomic mass is 9.94. The van der Waals surface area contributed by atoms with E-state index in [9.17, 15) is 0 Å². The molecule has 0 aromatic heterocycles. The van der Waals surface area contributed by atoms with Crippen LogP contribution >= 0.6 is 0 Å². The molecule has 2 nitrogen and oxygen atoms in total. The van der Waals surface area contributed by atoms with Crippen LogP contribution in [0.15, 0.2) is 0 Å². The molecule has 0 bridgehead atoms. The van der Waals surface area contributed by atoms with Gasteiger partial charge in [0.15, 0.2) is 0 Å². The third-order valence-electron chi connectivity index (χ3n) is 3.27. The van der Waals surface area contributed by atoms with Crippen molar-refractivity contribution in [2.24, 2.45) is 5.92 Å². The fourth-order valence-electron chi connectivity index (χ4n) is 2.46. The van der Waals surface area contributed by atoms with Gasteiger partial charge in [-0.1, -0.05) is 25.7 Å². The van der Waals surface area contributed by atoms with Gasteiger partial charge in [-0.05, 0) is 18.8 Å². The molecule has 2 rings (SSSR count). The van der Waals surface area contributed by atoms with Crippen molar-refractivity contribution < 1.29 is 9.47 Å². The van der Waals surface area contributed by atoms with Gasteiger partial charge in [0.1, 0.15) is 0 Å². The standard InChI is InChI=1S/C11H20O2/c1-2-4-6-10(5-3-1)11-9-12-7-8-13-11/h10-11H,1-9H2. The second-order valence-corrected chi connectivity index (χ2v) is 4.24. The predicted molar refractivity (Wildman–Crippen MR) is 51.8 cm³/mol. The van der Waals surface area contributed by atoms with Crippen LogP contribution in [-0.4, -0.2) is 25.9 Å². The molecule has 1 unspecified atom stereocenters. The SMILES string of the molecule is C1CCCC(C2COCCO2)CC1. The average molecular weight is 184 g/mol. The molecule has 2 aliphatic rings. The van der Waals surface area contributed by atoms with Crippen molar-refractivity contribution in [3.8, 4) is 0 Å². The van der Waals surface area contributed by atoms with Gasteiger partial charge >= 0.3 is 0 Å². The van der Waals surface area contributed by atoms with Crippen LogP contribution in [0.3, 0.4) is 0 Å². The Morgan fingerprint density at radius 1 is 0.846 bits per heavy atom. The van der Waals surface area contributed by atoms with Gasteiger partial charge in [-0.25, -0.2) is 0 Å². The largest absolute Gasteiger partial charge is 0.376 e. The van der Waals surface area contributed by atoms with Crippen LogP contribution in [0.4, 0.5) is 0 Å². The molecule has 76 valence electrons. The van der Waals surface area contributed by atoms with Crippen molar-refractivity contribution in [1.29, 1.82) is 0 Å². The minimum absolute atomic E-state index is 0.409. The lowest BCUT2D eigenvalue weighted by Crippen LogP contribution is -2.34. The van der Waals surface area contributed by atoms with E-state index in [0.717, 1.165) is 25.7 Å². The first kappa shape index (κ1) is 9.47. The Bertz CT molecular complexity index is 133.